The maximum Gasteiger partial charge on any atom is 0.0956 e. The minimum Gasteiger partial charge on any atom is -0.367 e. The summed E-state index contributed by atoms with van der Waals surface area (Å²) in [6.45, 7) is 12.6. The van der Waals surface area contributed by atoms with Gasteiger partial charge in [0.1, 0.15) is 0 Å². The predicted octanol–water partition coefficient (Wildman–Crippen LogP) is 3.79. The molecule has 0 heterocycles. The second-order valence-corrected chi connectivity index (χ2v) is 6.18. The van der Waals surface area contributed by atoms with Gasteiger partial charge in [-0.15, -0.1) is 0 Å². The Hall–Kier alpha value is -0.860. The molecule has 2 heteroatoms. The molecule has 0 bridgehead atoms. The largest absolute Gasteiger partial charge is 0.367 e. The van der Waals surface area contributed by atoms with E-state index in [1.165, 1.54) is 5.56 Å². The van der Waals surface area contributed by atoms with Gasteiger partial charge >= 0.3 is 0 Å². The summed E-state index contributed by atoms with van der Waals surface area (Å²) in [6.07, 6.45) is 0.116. The van der Waals surface area contributed by atoms with Crippen LogP contribution in [0.25, 0.3) is 0 Å². The molecule has 1 N–H and O–H groups in total. The fourth-order valence-electron chi connectivity index (χ4n) is 1.83. The highest BCUT2D eigenvalue weighted by atomic mass is 16.5. The lowest BCUT2D eigenvalue weighted by Crippen LogP contribution is -2.31. The first-order chi connectivity index (χ1) is 8.38. The summed E-state index contributed by atoms with van der Waals surface area (Å²) in [5.41, 5.74) is 1.11. The van der Waals surface area contributed by atoms with Crippen molar-refractivity contribution in [2.24, 2.45) is 5.92 Å². The molecule has 1 unspecified atom stereocenters. The van der Waals surface area contributed by atoms with Gasteiger partial charge in [0.15, 0.2) is 0 Å². The van der Waals surface area contributed by atoms with Crippen LogP contribution in [0.2, 0.25) is 0 Å². The van der Waals surface area contributed by atoms with E-state index in [4.69, 9.17) is 4.74 Å². The molecule has 0 spiro atoms. The van der Waals surface area contributed by atoms with Gasteiger partial charge in [-0.3, -0.25) is 0 Å². The van der Waals surface area contributed by atoms with Gasteiger partial charge in [-0.25, -0.2) is 0 Å². The molecule has 0 saturated heterocycles. The highest BCUT2D eigenvalue weighted by Gasteiger charge is 2.19. The Morgan fingerprint density at radius 1 is 1.06 bits per heavy atom. The first-order valence-corrected chi connectivity index (χ1v) is 6.82. The first-order valence-electron chi connectivity index (χ1n) is 6.82. The lowest BCUT2D eigenvalue weighted by atomic mass is 10.1. The SMILES string of the molecule is CC(C)CNCC(OC(C)(C)C)c1ccccc1. The minimum absolute atomic E-state index is 0.116. The van der Waals surface area contributed by atoms with Crippen LogP contribution in [0.15, 0.2) is 30.3 Å². The molecular weight excluding hydrogens is 222 g/mol. The third-order valence-corrected chi connectivity index (χ3v) is 2.55. The Bertz CT molecular complexity index is 327. The summed E-state index contributed by atoms with van der Waals surface area (Å²) in [7, 11) is 0. The molecular formula is C16H27NO. The second kappa shape index (κ2) is 6.91. The van der Waals surface area contributed by atoms with Crippen LogP contribution in [0, 0.1) is 5.92 Å². The van der Waals surface area contributed by atoms with Gasteiger partial charge < -0.3 is 10.1 Å². The Labute approximate surface area is 112 Å². The van der Waals surface area contributed by atoms with Crippen LogP contribution >= 0.6 is 0 Å². The van der Waals surface area contributed by atoms with Crippen LogP contribution in [0.4, 0.5) is 0 Å². The third-order valence-electron chi connectivity index (χ3n) is 2.55. The van der Waals surface area contributed by atoms with Crippen molar-refractivity contribution in [1.82, 2.24) is 5.32 Å². The van der Waals surface area contributed by atoms with E-state index in [0.29, 0.717) is 5.92 Å². The van der Waals surface area contributed by atoms with Crippen molar-refractivity contribution in [3.05, 3.63) is 35.9 Å². The summed E-state index contributed by atoms with van der Waals surface area (Å²) in [5, 5.41) is 3.48. The van der Waals surface area contributed by atoms with Crippen molar-refractivity contribution in [3.8, 4) is 0 Å². The Morgan fingerprint density at radius 2 is 1.67 bits per heavy atom. The number of nitrogens with one attached hydrogen (secondary N) is 1. The van der Waals surface area contributed by atoms with Crippen LogP contribution < -0.4 is 5.32 Å². The molecule has 1 aromatic rings. The normalized spacial score (nSPS) is 13.9. The van der Waals surface area contributed by atoms with E-state index in [0.717, 1.165) is 13.1 Å². The van der Waals surface area contributed by atoms with E-state index >= 15 is 0 Å². The number of rotatable bonds is 6. The topological polar surface area (TPSA) is 21.3 Å². The van der Waals surface area contributed by atoms with Gasteiger partial charge in [-0.1, -0.05) is 44.2 Å². The fourth-order valence-corrected chi connectivity index (χ4v) is 1.83. The fraction of sp³-hybridized carbons (Fsp3) is 0.625. The quantitative estimate of drug-likeness (QED) is 0.828. The van der Waals surface area contributed by atoms with Gasteiger partial charge in [0.25, 0.3) is 0 Å². The van der Waals surface area contributed by atoms with Crippen molar-refractivity contribution in [3.63, 3.8) is 0 Å². The zero-order valence-electron chi connectivity index (χ0n) is 12.4. The average Bonchev–Trinajstić information content (AvgIpc) is 2.27. The van der Waals surface area contributed by atoms with Gasteiger partial charge in [-0.05, 0) is 38.8 Å². The van der Waals surface area contributed by atoms with E-state index in [-0.39, 0.29) is 11.7 Å². The molecule has 18 heavy (non-hydrogen) atoms. The summed E-state index contributed by atoms with van der Waals surface area (Å²) in [6, 6.07) is 10.4. The van der Waals surface area contributed by atoms with Crippen molar-refractivity contribution < 1.29 is 4.74 Å². The zero-order chi connectivity index (χ0) is 13.6. The molecule has 0 aliphatic carbocycles. The summed E-state index contributed by atoms with van der Waals surface area (Å²) in [5.74, 6) is 0.663. The van der Waals surface area contributed by atoms with E-state index in [1.807, 2.05) is 6.07 Å². The monoisotopic (exact) mass is 249 g/mol. The van der Waals surface area contributed by atoms with Crippen LogP contribution in [-0.4, -0.2) is 18.7 Å². The van der Waals surface area contributed by atoms with Crippen LogP contribution in [0.3, 0.4) is 0 Å². The number of ether oxygens (including phenoxy) is 1. The van der Waals surface area contributed by atoms with Crippen molar-refractivity contribution >= 4 is 0 Å². The maximum atomic E-state index is 6.14. The highest BCUT2D eigenvalue weighted by Crippen LogP contribution is 2.23. The Balaban J connectivity index is 2.64. The summed E-state index contributed by atoms with van der Waals surface area (Å²) < 4.78 is 6.14. The Kier molecular flexibility index (Phi) is 5.83. The van der Waals surface area contributed by atoms with E-state index < -0.39 is 0 Å². The lowest BCUT2D eigenvalue weighted by molar-refractivity contribution is -0.0607. The molecule has 2 nitrogen and oxygen atoms in total. The number of benzene rings is 1. The van der Waals surface area contributed by atoms with Gasteiger partial charge in [-0.2, -0.15) is 0 Å². The second-order valence-electron chi connectivity index (χ2n) is 6.18. The van der Waals surface area contributed by atoms with Crippen molar-refractivity contribution in [2.45, 2.75) is 46.3 Å². The maximum absolute atomic E-state index is 6.14. The number of hydrogen-bond donors (Lipinski definition) is 1. The predicted molar refractivity (Wildman–Crippen MR) is 77.7 cm³/mol. The molecule has 0 aliphatic heterocycles. The molecule has 0 radical (unpaired) electrons. The minimum atomic E-state index is -0.125. The molecule has 0 saturated carbocycles. The van der Waals surface area contributed by atoms with Gasteiger partial charge in [0.05, 0.1) is 11.7 Å². The van der Waals surface area contributed by atoms with Crippen molar-refractivity contribution in [1.29, 1.82) is 0 Å². The van der Waals surface area contributed by atoms with E-state index in [2.05, 4.69) is 64.2 Å². The zero-order valence-corrected chi connectivity index (χ0v) is 12.4. The van der Waals surface area contributed by atoms with E-state index in [9.17, 15) is 0 Å². The smallest absolute Gasteiger partial charge is 0.0956 e. The molecule has 1 atom stereocenters. The van der Waals surface area contributed by atoms with Gasteiger partial charge in [0.2, 0.25) is 0 Å². The molecule has 0 amide bonds. The Morgan fingerprint density at radius 3 is 2.17 bits per heavy atom. The molecule has 1 aromatic carbocycles. The average molecular weight is 249 g/mol. The van der Waals surface area contributed by atoms with E-state index in [1.54, 1.807) is 0 Å². The molecule has 0 fully saturated rings. The first kappa shape index (κ1) is 15.2. The van der Waals surface area contributed by atoms with Crippen molar-refractivity contribution in [2.75, 3.05) is 13.1 Å². The summed E-state index contributed by atoms with van der Waals surface area (Å²) in [4.78, 5) is 0. The van der Waals surface area contributed by atoms with Gasteiger partial charge in [0, 0.05) is 6.54 Å². The van der Waals surface area contributed by atoms with Crippen LogP contribution in [0.1, 0.15) is 46.3 Å². The lowest BCUT2D eigenvalue weighted by Gasteiger charge is -2.28. The number of hydrogen-bond acceptors (Lipinski definition) is 2. The molecule has 0 aromatic heterocycles. The standard InChI is InChI=1S/C16H27NO/c1-13(2)11-17-12-15(18-16(3,4)5)14-9-7-6-8-10-14/h6-10,13,15,17H,11-12H2,1-5H3. The third kappa shape index (κ3) is 6.18. The molecule has 102 valence electrons. The molecule has 0 aliphatic rings. The highest BCUT2D eigenvalue weighted by molar-refractivity contribution is 5.18. The molecule has 1 rings (SSSR count). The van der Waals surface area contributed by atoms with Crippen LogP contribution in [-0.2, 0) is 4.74 Å². The summed E-state index contributed by atoms with van der Waals surface area (Å²) >= 11 is 0. The van der Waals surface area contributed by atoms with Crippen LogP contribution in [0.5, 0.6) is 0 Å².